The lowest BCUT2D eigenvalue weighted by atomic mass is 9.95. The summed E-state index contributed by atoms with van der Waals surface area (Å²) in [7, 11) is 1.57. The Morgan fingerprint density at radius 3 is 2.04 bits per heavy atom. The number of carbonyl (C=O) groups excluding carboxylic acids is 6. The summed E-state index contributed by atoms with van der Waals surface area (Å²) in [4.78, 5) is 86.5. The zero-order valence-electron chi connectivity index (χ0n) is 42.6. The van der Waals surface area contributed by atoms with Gasteiger partial charge in [-0.2, -0.15) is 0 Å². The highest BCUT2D eigenvalue weighted by molar-refractivity contribution is 9.10. The molecule has 5 rings (SSSR count). The molecule has 71 heavy (non-hydrogen) atoms. The third kappa shape index (κ3) is 17.6. The lowest BCUT2D eigenvalue weighted by Crippen LogP contribution is -2.56. The highest BCUT2D eigenvalue weighted by atomic mass is 79.9. The second-order valence-electron chi connectivity index (χ2n) is 20.7. The van der Waals surface area contributed by atoms with E-state index in [-0.39, 0.29) is 51.1 Å². The predicted molar refractivity (Wildman–Crippen MR) is 281 cm³/mol. The minimum absolute atomic E-state index is 0.0311. The molecule has 4 N–H and O–H groups in total. The van der Waals surface area contributed by atoms with Crippen LogP contribution in [0, 0.1) is 0 Å². The Balaban J connectivity index is 1.56. The molecule has 0 aliphatic carbocycles. The number of benzene rings is 3. The number of unbranched alkanes of at least 4 members (excludes halogenated alkanes) is 1. The number of nitrogens with zero attached hydrogens (tertiary/aromatic N) is 2. The van der Waals surface area contributed by atoms with Gasteiger partial charge in [0, 0.05) is 65.4 Å². The van der Waals surface area contributed by atoms with Crippen LogP contribution in [0.25, 0.3) is 10.9 Å². The maximum Gasteiger partial charge on any atom is 0.419 e. The number of alkyl carbamates (subject to hydrolysis) is 2. The summed E-state index contributed by atoms with van der Waals surface area (Å²) in [5.74, 6) is -1.18. The lowest BCUT2D eigenvalue weighted by Gasteiger charge is -2.32. The first-order valence-corrected chi connectivity index (χ1v) is 26.1. The second-order valence-corrected chi connectivity index (χ2v) is 23.1. The van der Waals surface area contributed by atoms with Crippen LogP contribution in [-0.2, 0) is 48.0 Å². The average molecular weight is 1080 g/mol. The van der Waals surface area contributed by atoms with Crippen molar-refractivity contribution in [3.05, 3.63) is 93.0 Å². The molecular formula is C53H70BrClN6O9S. The van der Waals surface area contributed by atoms with Gasteiger partial charge in [-0.3, -0.25) is 19.0 Å². The second kappa shape index (κ2) is 25.0. The molecule has 15 nitrogen and oxygen atoms in total. The molecule has 1 aromatic heterocycles. The largest absolute Gasteiger partial charge is 0.444 e. The third-order valence-electron chi connectivity index (χ3n) is 11.3. The smallest absolute Gasteiger partial charge is 0.419 e. The molecule has 4 amide bonds. The summed E-state index contributed by atoms with van der Waals surface area (Å²) in [6, 6.07) is 15.9. The summed E-state index contributed by atoms with van der Waals surface area (Å²) in [5.41, 5.74) is 0.793. The quantitative estimate of drug-likeness (QED) is 0.0827. The average Bonchev–Trinajstić information content (AvgIpc) is 3.63. The number of carbonyl (C=O) groups is 6. The van der Waals surface area contributed by atoms with Gasteiger partial charge in [-0.25, -0.2) is 14.4 Å². The van der Waals surface area contributed by atoms with Gasteiger partial charge in [0.2, 0.25) is 11.8 Å². The monoisotopic (exact) mass is 1080 g/mol. The molecule has 1 aliphatic rings. The van der Waals surface area contributed by atoms with Crippen LogP contribution in [0.5, 0.6) is 0 Å². The summed E-state index contributed by atoms with van der Waals surface area (Å²) in [6.45, 7) is 16.8. The Hall–Kier alpha value is -5.10. The molecular weight excluding hydrogens is 1010 g/mol. The van der Waals surface area contributed by atoms with E-state index in [2.05, 4.69) is 37.2 Å². The fourth-order valence-corrected chi connectivity index (χ4v) is 10.1. The number of fused-ring (bicyclic) bond motifs is 3. The van der Waals surface area contributed by atoms with Crippen LogP contribution in [0.3, 0.4) is 0 Å². The number of halogens is 2. The fourth-order valence-electron chi connectivity index (χ4n) is 8.02. The van der Waals surface area contributed by atoms with Crippen LogP contribution in [0.2, 0.25) is 5.02 Å². The lowest BCUT2D eigenvalue weighted by molar-refractivity contribution is -0.141. The van der Waals surface area contributed by atoms with Crippen LogP contribution in [0.4, 0.5) is 14.4 Å². The number of Topliss-reactive ketones (excluding diaryl/α,β-unsaturated/α-hetero) is 1. The van der Waals surface area contributed by atoms with Crippen LogP contribution >= 0.6 is 39.3 Å². The number of likely N-dealkylation sites (N-methyl/N-ethyl adjacent to an activating group) is 1. The number of amides is 4. The maximum atomic E-state index is 15.1. The first-order chi connectivity index (χ1) is 33.3. The van der Waals surface area contributed by atoms with E-state index in [0.717, 1.165) is 25.4 Å². The first-order valence-electron chi connectivity index (χ1n) is 24.1. The Morgan fingerprint density at radius 2 is 1.38 bits per heavy atom. The van der Waals surface area contributed by atoms with Crippen molar-refractivity contribution in [1.82, 2.24) is 30.7 Å². The normalized spacial score (nSPS) is 17.7. The summed E-state index contributed by atoms with van der Waals surface area (Å²) < 4.78 is 18.8. The molecule has 0 unspecified atom stereocenters. The standard InChI is InChI=1S/C53H70BrClN6O9S/c1-51(2,3)68-48(65)56-26-16-15-20-40-47(64)60(10)42(29-35-32-61(50(67)70-53(7,8)9)41-22-13-12-19-37(35)41)43(62)25-24-33-28-36(54)30-38(55)45(33)71-44-23-14-11-18-34(44)31-58-39(46(63)59-40)21-17-27-57-49(66)69-52(4,5)6/h11-14,18-19,22-23,28,30,32,39-40,42,58H,15-17,20-21,24-27,29,31H2,1-10H3,(H,56,65)(H,57,66)(H,59,63)/t39-,40-,42-/m0/s1. The molecule has 4 aromatic rings. The molecule has 1 aliphatic heterocycles. The van der Waals surface area contributed by atoms with Gasteiger partial charge in [0.25, 0.3) is 0 Å². The minimum Gasteiger partial charge on any atom is -0.444 e. The van der Waals surface area contributed by atoms with E-state index < -0.39 is 65.0 Å². The van der Waals surface area contributed by atoms with Crippen molar-refractivity contribution in [1.29, 1.82) is 0 Å². The number of hydrogen-bond donors (Lipinski definition) is 4. The van der Waals surface area contributed by atoms with Gasteiger partial charge in [0.1, 0.15) is 22.8 Å². The van der Waals surface area contributed by atoms with Crippen molar-refractivity contribution >= 4 is 86.1 Å². The summed E-state index contributed by atoms with van der Waals surface area (Å²) in [6.07, 6.45) is 2.02. The summed E-state index contributed by atoms with van der Waals surface area (Å²) in [5, 5.41) is 13.2. The number of nitrogens with one attached hydrogen (secondary N) is 4. The Kier molecular flexibility index (Phi) is 20.0. The van der Waals surface area contributed by atoms with Crippen molar-refractivity contribution in [3.63, 3.8) is 0 Å². The summed E-state index contributed by atoms with van der Waals surface area (Å²) >= 11 is 12.1. The number of aryl methyl sites for hydroxylation is 1. The van der Waals surface area contributed by atoms with Gasteiger partial charge in [-0.1, -0.05) is 75.7 Å². The Bertz CT molecular complexity index is 2550. The third-order valence-corrected chi connectivity index (χ3v) is 13.5. The van der Waals surface area contributed by atoms with E-state index in [1.54, 1.807) is 81.6 Å². The van der Waals surface area contributed by atoms with Crippen molar-refractivity contribution in [2.45, 2.75) is 165 Å². The minimum atomic E-state index is -1.09. The molecule has 18 heteroatoms. The van der Waals surface area contributed by atoms with E-state index in [1.165, 1.54) is 21.2 Å². The number of hydrogen-bond acceptors (Lipinski definition) is 11. The zero-order valence-corrected chi connectivity index (χ0v) is 45.8. The van der Waals surface area contributed by atoms with Crippen LogP contribution in [-0.4, -0.2) is 100 Å². The topological polar surface area (TPSA) is 186 Å². The van der Waals surface area contributed by atoms with Crippen molar-refractivity contribution in [3.8, 4) is 0 Å². The van der Waals surface area contributed by atoms with E-state index in [0.29, 0.717) is 47.2 Å². The molecule has 0 bridgehead atoms. The Labute approximate surface area is 435 Å². The number of ether oxygens (including phenoxy) is 3. The van der Waals surface area contributed by atoms with E-state index in [4.69, 9.17) is 25.8 Å². The number of rotatable bonds is 11. The zero-order chi connectivity index (χ0) is 52.3. The first kappa shape index (κ1) is 56.8. The Morgan fingerprint density at radius 1 is 0.775 bits per heavy atom. The molecule has 386 valence electrons. The molecule has 0 fully saturated rings. The van der Waals surface area contributed by atoms with E-state index in [9.17, 15) is 24.0 Å². The molecule has 2 heterocycles. The molecule has 0 spiro atoms. The van der Waals surface area contributed by atoms with Crippen molar-refractivity contribution in [2.75, 3.05) is 20.1 Å². The highest BCUT2D eigenvalue weighted by Gasteiger charge is 2.35. The highest BCUT2D eigenvalue weighted by Crippen LogP contribution is 2.40. The molecule has 3 atom stereocenters. The molecule has 0 radical (unpaired) electrons. The fraction of sp³-hybridized carbons (Fsp3) is 0.509. The van der Waals surface area contributed by atoms with Gasteiger partial charge in [-0.15, -0.1) is 0 Å². The SMILES string of the molecule is CN1C(=O)[C@H](CCCCNC(=O)OC(C)(C)C)NC(=O)[C@H](CCCNC(=O)OC(C)(C)C)NCc2ccccc2Sc2c(Cl)cc(Br)cc2CCC(=O)[C@@H]1Cc1cn(C(=O)OC(C)(C)C)c2ccccc12. The molecule has 3 aromatic carbocycles. The molecule has 0 saturated heterocycles. The van der Waals surface area contributed by atoms with E-state index in [1.807, 2.05) is 54.6 Å². The molecule has 0 saturated carbocycles. The van der Waals surface area contributed by atoms with Crippen molar-refractivity contribution < 1.29 is 43.0 Å². The van der Waals surface area contributed by atoms with Gasteiger partial charge in [0.05, 0.1) is 22.6 Å². The van der Waals surface area contributed by atoms with Gasteiger partial charge < -0.3 is 40.4 Å². The van der Waals surface area contributed by atoms with Crippen molar-refractivity contribution in [2.24, 2.45) is 0 Å². The maximum absolute atomic E-state index is 15.1. The van der Waals surface area contributed by atoms with Gasteiger partial charge in [-0.05, 0) is 142 Å². The number of ketones is 1. The van der Waals surface area contributed by atoms with E-state index >= 15 is 4.79 Å². The number of para-hydroxylation sites is 1. The van der Waals surface area contributed by atoms with Crippen LogP contribution in [0.1, 0.15) is 118 Å². The van der Waals surface area contributed by atoms with Gasteiger partial charge in [0.15, 0.2) is 5.78 Å². The predicted octanol–water partition coefficient (Wildman–Crippen LogP) is 10.5. The van der Waals surface area contributed by atoms with Crippen LogP contribution in [0.15, 0.2) is 81.1 Å². The van der Waals surface area contributed by atoms with Crippen LogP contribution < -0.4 is 21.3 Å². The number of aromatic nitrogens is 1. The van der Waals surface area contributed by atoms with Gasteiger partial charge >= 0.3 is 18.3 Å².